The zero-order chi connectivity index (χ0) is 17.1. The summed E-state index contributed by atoms with van der Waals surface area (Å²) in [4.78, 5) is 22.8. The highest BCUT2D eigenvalue weighted by Gasteiger charge is 2.06. The Bertz CT molecular complexity index is 616. The van der Waals surface area contributed by atoms with Crippen molar-refractivity contribution in [1.82, 2.24) is 5.32 Å². The van der Waals surface area contributed by atoms with Gasteiger partial charge in [-0.05, 0) is 30.7 Å². The summed E-state index contributed by atoms with van der Waals surface area (Å²) in [6, 6.07) is 5.26. The molecule has 1 rings (SSSR count). The molecule has 0 aromatic heterocycles. The van der Waals surface area contributed by atoms with Gasteiger partial charge < -0.3 is 19.5 Å². The van der Waals surface area contributed by atoms with Crippen LogP contribution in [0.15, 0.2) is 24.3 Å². The van der Waals surface area contributed by atoms with Gasteiger partial charge in [-0.25, -0.2) is 4.79 Å². The first-order valence-corrected chi connectivity index (χ1v) is 6.96. The molecule has 0 bridgehead atoms. The number of hydrogen-bond acceptors (Lipinski definition) is 5. The number of benzene rings is 1. The Hall–Kier alpha value is -2.94. The van der Waals surface area contributed by atoms with E-state index in [0.717, 1.165) is 5.56 Å². The van der Waals surface area contributed by atoms with E-state index >= 15 is 0 Å². The standard InChI is InChI=1S/C17H19NO5/c1-4-10-18-16(19)12-23-17(20)9-7-13-6-8-14(22-5-2)15(11-13)21-3/h1,6-9,11H,5,10,12H2,2-3H3,(H,18,19)/b9-7+. The first-order chi connectivity index (χ1) is 11.1. The molecule has 0 spiro atoms. The number of esters is 1. The SMILES string of the molecule is C#CCNC(=O)COC(=O)/C=C/c1ccc(OCC)c(OC)c1. The highest BCUT2D eigenvalue weighted by atomic mass is 16.5. The number of methoxy groups -OCH3 is 1. The predicted molar refractivity (Wildman–Crippen MR) is 86.0 cm³/mol. The van der Waals surface area contributed by atoms with Crippen molar-refractivity contribution in [3.63, 3.8) is 0 Å². The summed E-state index contributed by atoms with van der Waals surface area (Å²) < 4.78 is 15.4. The van der Waals surface area contributed by atoms with Crippen LogP contribution in [0.25, 0.3) is 6.08 Å². The van der Waals surface area contributed by atoms with Gasteiger partial charge in [0.05, 0.1) is 20.3 Å². The van der Waals surface area contributed by atoms with E-state index in [1.165, 1.54) is 13.2 Å². The van der Waals surface area contributed by atoms with Gasteiger partial charge in [-0.15, -0.1) is 6.42 Å². The molecule has 0 heterocycles. The maximum absolute atomic E-state index is 11.5. The van der Waals surface area contributed by atoms with Crippen LogP contribution in [0.1, 0.15) is 12.5 Å². The van der Waals surface area contributed by atoms with Gasteiger partial charge in [0.1, 0.15) is 0 Å². The van der Waals surface area contributed by atoms with Gasteiger partial charge in [-0.2, -0.15) is 0 Å². The van der Waals surface area contributed by atoms with Crippen molar-refractivity contribution >= 4 is 18.0 Å². The molecule has 0 saturated heterocycles. The Morgan fingerprint density at radius 3 is 2.78 bits per heavy atom. The lowest BCUT2D eigenvalue weighted by Gasteiger charge is -2.09. The van der Waals surface area contributed by atoms with Gasteiger partial charge in [-0.3, -0.25) is 4.79 Å². The Labute approximate surface area is 135 Å². The Balaban J connectivity index is 2.58. The molecule has 0 saturated carbocycles. The highest BCUT2D eigenvalue weighted by Crippen LogP contribution is 2.28. The number of hydrogen-bond donors (Lipinski definition) is 1. The lowest BCUT2D eigenvalue weighted by molar-refractivity contribution is -0.143. The molecule has 1 aromatic rings. The van der Waals surface area contributed by atoms with E-state index in [2.05, 4.69) is 11.2 Å². The smallest absolute Gasteiger partial charge is 0.331 e. The van der Waals surface area contributed by atoms with Gasteiger partial charge in [0.15, 0.2) is 18.1 Å². The van der Waals surface area contributed by atoms with Crippen molar-refractivity contribution in [2.75, 3.05) is 26.9 Å². The van der Waals surface area contributed by atoms with E-state index in [9.17, 15) is 9.59 Å². The molecule has 0 atom stereocenters. The molecule has 122 valence electrons. The molecular formula is C17H19NO5. The van der Waals surface area contributed by atoms with Crippen molar-refractivity contribution in [2.24, 2.45) is 0 Å². The fraction of sp³-hybridized carbons (Fsp3) is 0.294. The van der Waals surface area contributed by atoms with Gasteiger partial charge in [-0.1, -0.05) is 12.0 Å². The number of carbonyl (C=O) groups is 2. The molecule has 0 aliphatic carbocycles. The van der Waals surface area contributed by atoms with E-state index in [0.29, 0.717) is 18.1 Å². The summed E-state index contributed by atoms with van der Waals surface area (Å²) in [6.45, 7) is 2.12. The van der Waals surface area contributed by atoms with Crippen LogP contribution < -0.4 is 14.8 Å². The maximum atomic E-state index is 11.5. The van der Waals surface area contributed by atoms with Crippen molar-refractivity contribution < 1.29 is 23.8 Å². The monoisotopic (exact) mass is 317 g/mol. The normalized spacial score (nSPS) is 9.96. The Kier molecular flexibility index (Phi) is 7.79. The minimum atomic E-state index is -0.631. The highest BCUT2D eigenvalue weighted by molar-refractivity contribution is 5.89. The second kappa shape index (κ2) is 9.90. The maximum Gasteiger partial charge on any atom is 0.331 e. The lowest BCUT2D eigenvalue weighted by atomic mass is 10.2. The number of terminal acetylenes is 1. The summed E-state index contributed by atoms with van der Waals surface area (Å²) in [6.07, 6.45) is 7.78. The number of ether oxygens (including phenoxy) is 3. The second-order valence-electron chi connectivity index (χ2n) is 4.27. The van der Waals surface area contributed by atoms with Gasteiger partial charge in [0, 0.05) is 6.08 Å². The molecule has 1 N–H and O–H groups in total. The van der Waals surface area contributed by atoms with E-state index in [4.69, 9.17) is 20.6 Å². The van der Waals surface area contributed by atoms with E-state index < -0.39 is 11.9 Å². The van der Waals surface area contributed by atoms with Gasteiger partial charge in [0.2, 0.25) is 0 Å². The Morgan fingerprint density at radius 1 is 1.35 bits per heavy atom. The molecule has 6 heteroatoms. The first kappa shape index (κ1) is 18.1. The van der Waals surface area contributed by atoms with Crippen molar-refractivity contribution in [1.29, 1.82) is 0 Å². The molecule has 0 unspecified atom stereocenters. The molecule has 6 nitrogen and oxygen atoms in total. The average Bonchev–Trinajstić information content (AvgIpc) is 2.57. The largest absolute Gasteiger partial charge is 0.493 e. The van der Waals surface area contributed by atoms with Crippen LogP contribution >= 0.6 is 0 Å². The molecular weight excluding hydrogens is 298 g/mol. The van der Waals surface area contributed by atoms with Crippen LogP contribution in [0.4, 0.5) is 0 Å². The van der Waals surface area contributed by atoms with Crippen LogP contribution in [0.3, 0.4) is 0 Å². The fourth-order valence-corrected chi connectivity index (χ4v) is 1.61. The third kappa shape index (κ3) is 6.57. The summed E-state index contributed by atoms with van der Waals surface area (Å²) >= 11 is 0. The van der Waals surface area contributed by atoms with Crippen molar-refractivity contribution in [2.45, 2.75) is 6.92 Å². The average molecular weight is 317 g/mol. The molecule has 1 amide bonds. The molecule has 23 heavy (non-hydrogen) atoms. The van der Waals surface area contributed by atoms with E-state index in [1.807, 2.05) is 6.92 Å². The molecule has 0 radical (unpaired) electrons. The third-order valence-electron chi connectivity index (χ3n) is 2.63. The van der Waals surface area contributed by atoms with E-state index in [-0.39, 0.29) is 13.2 Å². The summed E-state index contributed by atoms with van der Waals surface area (Å²) in [5.74, 6) is 2.36. The minimum Gasteiger partial charge on any atom is -0.493 e. The second-order valence-corrected chi connectivity index (χ2v) is 4.27. The third-order valence-corrected chi connectivity index (χ3v) is 2.63. The summed E-state index contributed by atoms with van der Waals surface area (Å²) in [5.41, 5.74) is 0.735. The summed E-state index contributed by atoms with van der Waals surface area (Å²) in [7, 11) is 1.54. The zero-order valence-electron chi connectivity index (χ0n) is 13.1. The van der Waals surface area contributed by atoms with E-state index in [1.54, 1.807) is 24.3 Å². The lowest BCUT2D eigenvalue weighted by Crippen LogP contribution is -2.28. The number of rotatable bonds is 8. The molecule has 0 fully saturated rings. The van der Waals surface area contributed by atoms with Crippen molar-refractivity contribution in [3.8, 4) is 23.8 Å². The fourth-order valence-electron chi connectivity index (χ4n) is 1.61. The zero-order valence-corrected chi connectivity index (χ0v) is 13.1. The Morgan fingerprint density at radius 2 is 2.13 bits per heavy atom. The number of carbonyl (C=O) groups excluding carboxylic acids is 2. The topological polar surface area (TPSA) is 73.9 Å². The van der Waals surface area contributed by atoms with Gasteiger partial charge >= 0.3 is 5.97 Å². The molecule has 1 aromatic carbocycles. The summed E-state index contributed by atoms with van der Waals surface area (Å²) in [5, 5.41) is 2.39. The quantitative estimate of drug-likeness (QED) is 0.446. The minimum absolute atomic E-state index is 0.0954. The molecule has 0 aliphatic rings. The first-order valence-electron chi connectivity index (χ1n) is 6.96. The number of amides is 1. The molecule has 0 aliphatic heterocycles. The predicted octanol–water partition coefficient (Wildman–Crippen LogP) is 1.40. The van der Waals surface area contributed by atoms with Crippen molar-refractivity contribution in [3.05, 3.63) is 29.8 Å². The van der Waals surface area contributed by atoms with Crippen LogP contribution in [-0.4, -0.2) is 38.7 Å². The number of nitrogens with one attached hydrogen (secondary N) is 1. The van der Waals surface area contributed by atoms with Crippen LogP contribution in [0.2, 0.25) is 0 Å². The van der Waals surface area contributed by atoms with Crippen LogP contribution in [-0.2, 0) is 14.3 Å². The van der Waals surface area contributed by atoms with Gasteiger partial charge in [0.25, 0.3) is 5.91 Å². The van der Waals surface area contributed by atoms with Crippen LogP contribution in [0.5, 0.6) is 11.5 Å². The van der Waals surface area contributed by atoms with Crippen LogP contribution in [0, 0.1) is 12.3 Å².